The van der Waals surface area contributed by atoms with Crippen molar-refractivity contribution in [3.05, 3.63) is 0 Å². The van der Waals surface area contributed by atoms with E-state index in [0.717, 1.165) is 5.01 Å². The number of hydrogen-bond acceptors (Lipinski definition) is 6. The van der Waals surface area contributed by atoms with Crippen LogP contribution in [0.15, 0.2) is 0 Å². The summed E-state index contributed by atoms with van der Waals surface area (Å²) in [5.74, 6) is -1.83. The Hall–Kier alpha value is -1.71. The normalized spacial score (nSPS) is 12.0. The summed E-state index contributed by atoms with van der Waals surface area (Å²) in [4.78, 5) is 33.2. The molecular weight excluding hydrogens is 254 g/mol. The quantitative estimate of drug-likeness (QED) is 0.285. The van der Waals surface area contributed by atoms with Gasteiger partial charge in [-0.25, -0.2) is 5.01 Å². The summed E-state index contributed by atoms with van der Waals surface area (Å²) < 4.78 is 0. The second-order valence-corrected chi connectivity index (χ2v) is 4.03. The molecule has 0 spiro atoms. The van der Waals surface area contributed by atoms with Crippen molar-refractivity contribution >= 4 is 17.8 Å². The molecular formula is C10H21N5O4. The van der Waals surface area contributed by atoms with E-state index in [2.05, 4.69) is 10.7 Å². The highest BCUT2D eigenvalue weighted by molar-refractivity contribution is 5.80. The smallest absolute Gasteiger partial charge is 0.319 e. The zero-order valence-corrected chi connectivity index (χ0v) is 10.9. The number of likely N-dealkylation sites (N-methyl/N-ethyl adjacent to an activating group) is 1. The van der Waals surface area contributed by atoms with Crippen LogP contribution in [0.5, 0.6) is 0 Å². The maximum absolute atomic E-state index is 11.6. The highest BCUT2D eigenvalue weighted by Crippen LogP contribution is 1.97. The van der Waals surface area contributed by atoms with Gasteiger partial charge in [-0.05, 0) is 13.0 Å². The molecule has 0 aromatic heterocycles. The van der Waals surface area contributed by atoms with E-state index in [0.29, 0.717) is 13.0 Å². The van der Waals surface area contributed by atoms with Crippen LogP contribution in [-0.4, -0.2) is 60.6 Å². The number of hydrogen-bond donors (Lipinski definition) is 5. The Morgan fingerprint density at radius 3 is 2.37 bits per heavy atom. The van der Waals surface area contributed by atoms with Gasteiger partial charge in [-0.3, -0.25) is 19.8 Å². The number of nitrogens with zero attached hydrogens (tertiary/aromatic N) is 1. The Bertz CT molecular complexity index is 323. The molecule has 0 aliphatic carbocycles. The first-order chi connectivity index (χ1) is 8.88. The van der Waals surface area contributed by atoms with E-state index >= 15 is 0 Å². The summed E-state index contributed by atoms with van der Waals surface area (Å²) in [6.45, 7) is -0.169. The molecule has 0 fully saturated rings. The number of nitrogens with one attached hydrogen (secondary N) is 2. The molecule has 9 heteroatoms. The lowest BCUT2D eigenvalue weighted by Gasteiger charge is -2.20. The number of rotatable bonds is 9. The van der Waals surface area contributed by atoms with Crippen LogP contribution < -0.4 is 22.2 Å². The standard InChI is InChI=1S/C10H21N5O4/c1-15(6-10(18)19)14-8(16)4-7(2-3-11)13-9(17)5-12/h7H,2-6,11-12H2,1H3,(H,13,17)(H,14,16)(H,18,19)/t7-/m0/s1. The van der Waals surface area contributed by atoms with Gasteiger partial charge in [0.05, 0.1) is 6.54 Å². The molecule has 9 nitrogen and oxygen atoms in total. The minimum atomic E-state index is -1.06. The summed E-state index contributed by atoms with van der Waals surface area (Å²) in [5.41, 5.74) is 12.9. The van der Waals surface area contributed by atoms with Gasteiger partial charge in [-0.15, -0.1) is 0 Å². The molecule has 110 valence electrons. The molecule has 1 atom stereocenters. The minimum absolute atomic E-state index is 0.00684. The largest absolute Gasteiger partial charge is 0.480 e. The second kappa shape index (κ2) is 9.25. The molecule has 0 saturated carbocycles. The van der Waals surface area contributed by atoms with E-state index < -0.39 is 17.9 Å². The number of carboxylic acid groups (broad SMARTS) is 1. The van der Waals surface area contributed by atoms with Gasteiger partial charge < -0.3 is 21.9 Å². The lowest BCUT2D eigenvalue weighted by molar-refractivity contribution is -0.139. The molecule has 19 heavy (non-hydrogen) atoms. The van der Waals surface area contributed by atoms with Crippen molar-refractivity contribution in [2.24, 2.45) is 11.5 Å². The lowest BCUT2D eigenvalue weighted by atomic mass is 10.1. The number of nitrogens with two attached hydrogens (primary N) is 2. The summed E-state index contributed by atoms with van der Waals surface area (Å²) in [6, 6.07) is -0.417. The number of carbonyl (C=O) groups excluding carboxylic acids is 2. The zero-order valence-electron chi connectivity index (χ0n) is 10.9. The monoisotopic (exact) mass is 275 g/mol. The first-order valence-corrected chi connectivity index (χ1v) is 5.81. The van der Waals surface area contributed by atoms with E-state index in [1.807, 2.05) is 0 Å². The third-order valence-corrected chi connectivity index (χ3v) is 2.19. The molecule has 0 aromatic rings. The first-order valence-electron chi connectivity index (χ1n) is 5.81. The SMILES string of the molecule is CN(CC(=O)O)NC(=O)C[C@H](CCN)NC(=O)CN. The molecule has 7 N–H and O–H groups in total. The molecule has 0 aliphatic heterocycles. The van der Waals surface area contributed by atoms with Crippen molar-refractivity contribution in [2.45, 2.75) is 18.9 Å². The van der Waals surface area contributed by atoms with Gasteiger partial charge in [0.15, 0.2) is 0 Å². The Morgan fingerprint density at radius 2 is 1.89 bits per heavy atom. The summed E-state index contributed by atoms with van der Waals surface area (Å²) in [5, 5.41) is 12.3. The van der Waals surface area contributed by atoms with Gasteiger partial charge in [0.25, 0.3) is 0 Å². The Morgan fingerprint density at radius 1 is 1.26 bits per heavy atom. The number of aliphatic carboxylic acids is 1. The highest BCUT2D eigenvalue weighted by atomic mass is 16.4. The van der Waals surface area contributed by atoms with Gasteiger partial charge >= 0.3 is 5.97 Å². The van der Waals surface area contributed by atoms with Crippen molar-refractivity contribution < 1.29 is 19.5 Å². The molecule has 2 amide bonds. The molecule has 0 heterocycles. The summed E-state index contributed by atoms with van der Waals surface area (Å²) in [6.07, 6.45) is 0.439. The van der Waals surface area contributed by atoms with Gasteiger partial charge in [-0.2, -0.15) is 0 Å². The number of amides is 2. The Labute approximate surface area is 111 Å². The molecule has 0 rings (SSSR count). The molecule has 0 bridgehead atoms. The molecule has 0 unspecified atom stereocenters. The van der Waals surface area contributed by atoms with E-state index in [1.165, 1.54) is 7.05 Å². The molecule has 0 aliphatic rings. The average Bonchev–Trinajstić information content (AvgIpc) is 2.27. The average molecular weight is 275 g/mol. The number of hydrazine groups is 1. The maximum Gasteiger partial charge on any atom is 0.319 e. The van der Waals surface area contributed by atoms with Gasteiger partial charge in [0.1, 0.15) is 6.54 Å². The van der Waals surface area contributed by atoms with Crippen LogP contribution >= 0.6 is 0 Å². The van der Waals surface area contributed by atoms with E-state index in [9.17, 15) is 14.4 Å². The van der Waals surface area contributed by atoms with Crippen LogP contribution in [0.25, 0.3) is 0 Å². The van der Waals surface area contributed by atoms with Gasteiger partial charge in [0.2, 0.25) is 11.8 Å². The third kappa shape index (κ3) is 8.94. The van der Waals surface area contributed by atoms with Crippen molar-refractivity contribution in [1.82, 2.24) is 15.8 Å². The van der Waals surface area contributed by atoms with Crippen molar-refractivity contribution in [1.29, 1.82) is 0 Å². The third-order valence-electron chi connectivity index (χ3n) is 2.19. The fourth-order valence-corrected chi connectivity index (χ4v) is 1.44. The highest BCUT2D eigenvalue weighted by Gasteiger charge is 2.16. The van der Waals surface area contributed by atoms with Gasteiger partial charge in [-0.1, -0.05) is 0 Å². The molecule has 0 saturated heterocycles. The zero-order chi connectivity index (χ0) is 14.8. The number of carbonyl (C=O) groups is 3. The molecule has 0 radical (unpaired) electrons. The minimum Gasteiger partial charge on any atom is -0.480 e. The Kier molecular flexibility index (Phi) is 8.42. The van der Waals surface area contributed by atoms with E-state index in [1.54, 1.807) is 0 Å². The van der Waals surface area contributed by atoms with Crippen LogP contribution in [0.2, 0.25) is 0 Å². The van der Waals surface area contributed by atoms with Crippen molar-refractivity contribution in [2.75, 3.05) is 26.7 Å². The fraction of sp³-hybridized carbons (Fsp3) is 0.700. The predicted molar refractivity (Wildman–Crippen MR) is 67.7 cm³/mol. The van der Waals surface area contributed by atoms with Crippen LogP contribution in [0.1, 0.15) is 12.8 Å². The van der Waals surface area contributed by atoms with E-state index in [4.69, 9.17) is 16.6 Å². The maximum atomic E-state index is 11.6. The second-order valence-electron chi connectivity index (χ2n) is 4.03. The lowest BCUT2D eigenvalue weighted by Crippen LogP contribution is -2.46. The summed E-state index contributed by atoms with van der Waals surface area (Å²) in [7, 11) is 1.43. The van der Waals surface area contributed by atoms with Crippen LogP contribution in [-0.2, 0) is 14.4 Å². The fourth-order valence-electron chi connectivity index (χ4n) is 1.44. The topological polar surface area (TPSA) is 151 Å². The Balaban J connectivity index is 4.22. The van der Waals surface area contributed by atoms with Gasteiger partial charge in [0, 0.05) is 19.5 Å². The van der Waals surface area contributed by atoms with Crippen LogP contribution in [0.3, 0.4) is 0 Å². The first kappa shape index (κ1) is 17.3. The van der Waals surface area contributed by atoms with Crippen LogP contribution in [0, 0.1) is 0 Å². The molecule has 0 aromatic carbocycles. The van der Waals surface area contributed by atoms with Crippen molar-refractivity contribution in [3.8, 4) is 0 Å². The van der Waals surface area contributed by atoms with Crippen LogP contribution in [0.4, 0.5) is 0 Å². The summed E-state index contributed by atoms with van der Waals surface area (Å²) >= 11 is 0. The van der Waals surface area contributed by atoms with E-state index in [-0.39, 0.29) is 25.4 Å². The predicted octanol–water partition coefficient (Wildman–Crippen LogP) is -2.78. The van der Waals surface area contributed by atoms with Crippen molar-refractivity contribution in [3.63, 3.8) is 0 Å². The number of carboxylic acids is 1.